The van der Waals surface area contributed by atoms with Gasteiger partial charge in [0.2, 0.25) is 0 Å². The highest BCUT2D eigenvalue weighted by Gasteiger charge is 2.23. The Bertz CT molecular complexity index is 1120. The van der Waals surface area contributed by atoms with E-state index in [0.29, 0.717) is 12.0 Å². The Morgan fingerprint density at radius 2 is 1.38 bits per heavy atom. The van der Waals surface area contributed by atoms with Crippen LogP contribution in [-0.2, 0) is 0 Å². The van der Waals surface area contributed by atoms with Crippen LogP contribution < -0.4 is 0 Å². The van der Waals surface area contributed by atoms with Crippen molar-refractivity contribution >= 4 is 11.1 Å². The number of benzene rings is 3. The lowest BCUT2D eigenvalue weighted by Gasteiger charge is -2.21. The maximum absolute atomic E-state index is 11.4. The fourth-order valence-corrected chi connectivity index (χ4v) is 3.42. The van der Waals surface area contributed by atoms with Gasteiger partial charge in [0.1, 0.15) is 5.60 Å². The number of hydrogen-bond acceptors (Lipinski definition) is 1. The third kappa shape index (κ3) is 5.97. The molecule has 0 saturated carbocycles. The van der Waals surface area contributed by atoms with E-state index in [1.165, 1.54) is 5.56 Å². The maximum atomic E-state index is 11.4. The lowest BCUT2D eigenvalue weighted by molar-refractivity contribution is 0.165. The summed E-state index contributed by atoms with van der Waals surface area (Å²) < 4.78 is 0. The van der Waals surface area contributed by atoms with Gasteiger partial charge in [-0.15, -0.1) is 5.92 Å². The second kappa shape index (κ2) is 10.6. The molecule has 1 heteroatoms. The van der Waals surface area contributed by atoms with Crippen molar-refractivity contribution in [1.29, 1.82) is 0 Å². The van der Waals surface area contributed by atoms with Crippen molar-refractivity contribution in [2.24, 2.45) is 0 Å². The van der Waals surface area contributed by atoms with Gasteiger partial charge in [0.05, 0.1) is 0 Å². The quantitative estimate of drug-likeness (QED) is 0.331. The van der Waals surface area contributed by atoms with Gasteiger partial charge in [-0.3, -0.25) is 0 Å². The Kier molecular flexibility index (Phi) is 7.66. The van der Waals surface area contributed by atoms with Crippen LogP contribution in [0.1, 0.15) is 42.5 Å². The van der Waals surface area contributed by atoms with Crippen LogP contribution in [0.5, 0.6) is 0 Å². The van der Waals surface area contributed by atoms with Crippen molar-refractivity contribution in [1.82, 2.24) is 0 Å². The van der Waals surface area contributed by atoms with Gasteiger partial charge in [0.15, 0.2) is 0 Å². The maximum Gasteiger partial charge on any atom is 0.148 e. The van der Waals surface area contributed by atoms with E-state index >= 15 is 0 Å². The van der Waals surface area contributed by atoms with E-state index in [-0.39, 0.29) is 0 Å². The van der Waals surface area contributed by atoms with E-state index in [1.807, 2.05) is 55.5 Å². The Morgan fingerprint density at radius 1 is 0.844 bits per heavy atom. The molecular formula is C31H30O. The molecule has 0 aromatic heterocycles. The summed E-state index contributed by atoms with van der Waals surface area (Å²) in [5.41, 5.74) is 5.59. The first-order valence-electron chi connectivity index (χ1n) is 10.9. The lowest BCUT2D eigenvalue weighted by Crippen LogP contribution is -2.24. The van der Waals surface area contributed by atoms with Crippen LogP contribution in [0.3, 0.4) is 0 Å². The summed E-state index contributed by atoms with van der Waals surface area (Å²) in [6.07, 6.45) is 4.66. The van der Waals surface area contributed by atoms with Crippen molar-refractivity contribution in [2.45, 2.75) is 32.8 Å². The minimum atomic E-state index is -1.32. The molecule has 0 bridgehead atoms. The number of aryl methyl sites for hydroxylation is 1. The molecule has 1 atom stereocenters. The minimum absolute atomic E-state index is 0.677. The van der Waals surface area contributed by atoms with E-state index < -0.39 is 5.60 Å². The molecular weight excluding hydrogens is 388 g/mol. The van der Waals surface area contributed by atoms with Gasteiger partial charge in [-0.05, 0) is 59.4 Å². The van der Waals surface area contributed by atoms with E-state index in [1.54, 1.807) is 6.92 Å². The monoisotopic (exact) mass is 418 g/mol. The van der Waals surface area contributed by atoms with Crippen LogP contribution in [0.4, 0.5) is 0 Å². The second-order valence-electron chi connectivity index (χ2n) is 8.01. The molecule has 1 unspecified atom stereocenters. The molecule has 0 aliphatic heterocycles. The third-order valence-electron chi connectivity index (χ3n) is 5.29. The topological polar surface area (TPSA) is 20.2 Å². The highest BCUT2D eigenvalue weighted by Crippen LogP contribution is 2.30. The minimum Gasteiger partial charge on any atom is -0.374 e. The van der Waals surface area contributed by atoms with Gasteiger partial charge in [0, 0.05) is 6.42 Å². The highest BCUT2D eigenvalue weighted by molar-refractivity contribution is 5.83. The van der Waals surface area contributed by atoms with E-state index in [0.717, 1.165) is 27.8 Å². The molecule has 0 heterocycles. The van der Waals surface area contributed by atoms with Gasteiger partial charge in [-0.1, -0.05) is 110 Å². The summed E-state index contributed by atoms with van der Waals surface area (Å²) >= 11 is 0. The van der Waals surface area contributed by atoms with Crippen molar-refractivity contribution in [3.63, 3.8) is 0 Å². The van der Waals surface area contributed by atoms with Crippen molar-refractivity contribution < 1.29 is 5.11 Å². The summed E-state index contributed by atoms with van der Waals surface area (Å²) in [4.78, 5) is 0. The van der Waals surface area contributed by atoms with E-state index in [9.17, 15) is 5.11 Å². The molecule has 32 heavy (non-hydrogen) atoms. The fourth-order valence-electron chi connectivity index (χ4n) is 3.42. The first kappa shape index (κ1) is 23.1. The standard InChI is InChI=1S/C31H30O/c1-5-6-21-31(4,32)29(22-25(3)26-19-17-24(2)18-20-26)23-30(27-13-9-7-10-14-27)28-15-11-8-12-16-28/h7-20,22-23,32H,3,5H2,1-2,4H3/b29-22-. The molecule has 3 aromatic carbocycles. The molecule has 0 fully saturated rings. The Morgan fingerprint density at radius 3 is 1.88 bits per heavy atom. The second-order valence-corrected chi connectivity index (χ2v) is 8.01. The van der Waals surface area contributed by atoms with Gasteiger partial charge in [0.25, 0.3) is 0 Å². The predicted octanol–water partition coefficient (Wildman–Crippen LogP) is 7.23. The normalized spacial score (nSPS) is 12.8. The number of hydrogen-bond donors (Lipinski definition) is 1. The zero-order valence-electron chi connectivity index (χ0n) is 19.1. The zero-order chi connectivity index (χ0) is 23.0. The van der Waals surface area contributed by atoms with Gasteiger partial charge < -0.3 is 5.11 Å². The van der Waals surface area contributed by atoms with Crippen LogP contribution in [0.2, 0.25) is 0 Å². The molecule has 0 aliphatic rings. The Labute approximate surface area is 192 Å². The fraction of sp³-hybridized carbons (Fsp3) is 0.161. The van der Waals surface area contributed by atoms with Crippen LogP contribution in [0.15, 0.2) is 109 Å². The van der Waals surface area contributed by atoms with Crippen LogP contribution >= 0.6 is 0 Å². The van der Waals surface area contributed by atoms with Crippen LogP contribution in [0, 0.1) is 18.8 Å². The van der Waals surface area contributed by atoms with Crippen molar-refractivity contribution in [3.8, 4) is 11.8 Å². The average molecular weight is 419 g/mol. The molecule has 3 aromatic rings. The predicted molar refractivity (Wildman–Crippen MR) is 137 cm³/mol. The number of aliphatic hydroxyl groups is 1. The Hall–Kier alpha value is -3.60. The lowest BCUT2D eigenvalue weighted by atomic mass is 9.88. The first-order valence-corrected chi connectivity index (χ1v) is 10.9. The summed E-state index contributed by atoms with van der Waals surface area (Å²) in [6.45, 7) is 10.1. The summed E-state index contributed by atoms with van der Waals surface area (Å²) in [6, 6.07) is 28.7. The van der Waals surface area contributed by atoms with Crippen molar-refractivity contribution in [2.75, 3.05) is 0 Å². The SMILES string of the molecule is C=C(/C=C(/C=C(c1ccccc1)c1ccccc1)C(C)(O)C#CCC)c1ccc(C)cc1. The first-order chi connectivity index (χ1) is 15.4. The highest BCUT2D eigenvalue weighted by atomic mass is 16.3. The number of rotatable bonds is 6. The summed E-state index contributed by atoms with van der Waals surface area (Å²) in [5, 5.41) is 11.4. The smallest absolute Gasteiger partial charge is 0.148 e. The number of allylic oxidation sites excluding steroid dienone is 2. The molecule has 3 rings (SSSR count). The Balaban J connectivity index is 2.19. The largest absolute Gasteiger partial charge is 0.374 e. The van der Waals surface area contributed by atoms with Gasteiger partial charge in [-0.25, -0.2) is 0 Å². The molecule has 0 radical (unpaired) electrons. The molecule has 0 amide bonds. The average Bonchev–Trinajstić information content (AvgIpc) is 2.81. The van der Waals surface area contributed by atoms with Gasteiger partial charge in [-0.2, -0.15) is 0 Å². The summed E-state index contributed by atoms with van der Waals surface area (Å²) in [7, 11) is 0. The molecule has 0 spiro atoms. The van der Waals surface area contributed by atoms with E-state index in [4.69, 9.17) is 0 Å². The van der Waals surface area contributed by atoms with Crippen molar-refractivity contribution in [3.05, 3.63) is 131 Å². The molecule has 0 aliphatic carbocycles. The zero-order valence-corrected chi connectivity index (χ0v) is 19.1. The van der Waals surface area contributed by atoms with Gasteiger partial charge >= 0.3 is 0 Å². The van der Waals surface area contributed by atoms with Crippen LogP contribution in [0.25, 0.3) is 11.1 Å². The molecule has 160 valence electrons. The third-order valence-corrected chi connectivity index (χ3v) is 5.29. The molecule has 0 saturated heterocycles. The van der Waals surface area contributed by atoms with Crippen LogP contribution in [-0.4, -0.2) is 10.7 Å². The van der Waals surface area contributed by atoms with E-state index in [2.05, 4.69) is 73.9 Å². The molecule has 1 N–H and O–H groups in total. The molecule has 1 nitrogen and oxygen atoms in total. The summed E-state index contributed by atoms with van der Waals surface area (Å²) in [5.74, 6) is 6.08.